The molecule has 0 aromatic rings. The smallest absolute Gasteiger partial charge is 0.0198 e. The highest BCUT2D eigenvalue weighted by atomic mass is 15.2. The van der Waals surface area contributed by atoms with E-state index in [4.69, 9.17) is 0 Å². The van der Waals surface area contributed by atoms with Crippen molar-refractivity contribution in [3.63, 3.8) is 0 Å². The Kier molecular flexibility index (Phi) is 4.78. The maximum absolute atomic E-state index is 3.83. The molecule has 0 amide bonds. The number of piperidine rings is 2. The van der Waals surface area contributed by atoms with Gasteiger partial charge in [-0.15, -0.1) is 0 Å². The molecule has 110 valence electrons. The molecular weight excluding hydrogens is 234 g/mol. The van der Waals surface area contributed by atoms with Crippen molar-refractivity contribution in [2.24, 2.45) is 5.92 Å². The van der Waals surface area contributed by atoms with Gasteiger partial charge in [0.15, 0.2) is 0 Å². The van der Waals surface area contributed by atoms with Crippen LogP contribution in [0.1, 0.15) is 45.4 Å². The monoisotopic (exact) mass is 265 g/mol. The molecule has 2 aliphatic heterocycles. The predicted octanol–water partition coefficient (Wildman–Crippen LogP) is 1.93. The average Bonchev–Trinajstić information content (AvgIpc) is 3.24. The van der Waals surface area contributed by atoms with Crippen LogP contribution in [0, 0.1) is 5.92 Å². The first-order chi connectivity index (χ1) is 9.33. The van der Waals surface area contributed by atoms with E-state index < -0.39 is 0 Å². The van der Waals surface area contributed by atoms with Gasteiger partial charge >= 0.3 is 0 Å². The highest BCUT2D eigenvalue weighted by molar-refractivity contribution is 4.88. The van der Waals surface area contributed by atoms with Crippen LogP contribution >= 0.6 is 0 Å². The number of rotatable bonds is 5. The van der Waals surface area contributed by atoms with Crippen LogP contribution in [0.2, 0.25) is 0 Å². The third kappa shape index (κ3) is 4.17. The average molecular weight is 265 g/mol. The Bertz CT molecular complexity index is 269. The number of nitrogens with one attached hydrogen (secondary N) is 1. The second-order valence-corrected chi connectivity index (χ2v) is 6.92. The normalized spacial score (nSPS) is 31.7. The lowest BCUT2D eigenvalue weighted by Crippen LogP contribution is -2.48. The van der Waals surface area contributed by atoms with Crippen molar-refractivity contribution in [3.8, 4) is 0 Å². The summed E-state index contributed by atoms with van der Waals surface area (Å²) in [6.45, 7) is 10.2. The zero-order chi connectivity index (χ0) is 13.1. The highest BCUT2D eigenvalue weighted by Gasteiger charge is 2.28. The van der Waals surface area contributed by atoms with E-state index in [1.54, 1.807) is 0 Å². The van der Waals surface area contributed by atoms with E-state index in [1.807, 2.05) is 0 Å². The second-order valence-electron chi connectivity index (χ2n) is 6.92. The lowest BCUT2D eigenvalue weighted by atomic mass is 9.94. The highest BCUT2D eigenvalue weighted by Crippen LogP contribution is 2.23. The third-order valence-corrected chi connectivity index (χ3v) is 5.23. The lowest BCUT2D eigenvalue weighted by Gasteiger charge is -2.38. The molecule has 3 fully saturated rings. The Morgan fingerprint density at radius 1 is 0.895 bits per heavy atom. The summed E-state index contributed by atoms with van der Waals surface area (Å²) in [5.41, 5.74) is 0. The van der Waals surface area contributed by atoms with Crippen molar-refractivity contribution in [2.45, 2.75) is 57.5 Å². The molecule has 1 aliphatic carbocycles. The Balaban J connectivity index is 1.39. The van der Waals surface area contributed by atoms with Crippen LogP contribution in [0.15, 0.2) is 0 Å². The molecule has 0 aromatic carbocycles. The van der Waals surface area contributed by atoms with E-state index in [0.717, 1.165) is 18.0 Å². The van der Waals surface area contributed by atoms with Gasteiger partial charge in [0, 0.05) is 25.2 Å². The minimum Gasteiger partial charge on any atom is -0.310 e. The molecule has 2 heterocycles. The molecule has 3 heteroatoms. The van der Waals surface area contributed by atoms with Gasteiger partial charge in [-0.3, -0.25) is 0 Å². The van der Waals surface area contributed by atoms with Crippen LogP contribution < -0.4 is 5.32 Å². The number of nitrogens with zero attached hydrogens (tertiary/aromatic N) is 2. The van der Waals surface area contributed by atoms with Crippen LogP contribution in [-0.4, -0.2) is 61.2 Å². The molecule has 0 bridgehead atoms. The number of hydrogen-bond donors (Lipinski definition) is 1. The largest absolute Gasteiger partial charge is 0.310 e. The van der Waals surface area contributed by atoms with Gasteiger partial charge in [-0.2, -0.15) is 0 Å². The molecule has 0 spiro atoms. The van der Waals surface area contributed by atoms with Crippen molar-refractivity contribution in [2.75, 3.05) is 39.3 Å². The summed E-state index contributed by atoms with van der Waals surface area (Å²) in [5, 5.41) is 3.83. The first-order valence-electron chi connectivity index (χ1n) is 8.54. The lowest BCUT2D eigenvalue weighted by molar-refractivity contribution is 0.122. The van der Waals surface area contributed by atoms with Crippen molar-refractivity contribution in [1.82, 2.24) is 15.1 Å². The van der Waals surface area contributed by atoms with Gasteiger partial charge < -0.3 is 15.1 Å². The molecule has 1 atom stereocenters. The van der Waals surface area contributed by atoms with E-state index in [2.05, 4.69) is 22.0 Å². The summed E-state index contributed by atoms with van der Waals surface area (Å²) < 4.78 is 0. The van der Waals surface area contributed by atoms with Crippen LogP contribution in [0.3, 0.4) is 0 Å². The summed E-state index contributed by atoms with van der Waals surface area (Å²) in [6.07, 6.45) is 8.49. The van der Waals surface area contributed by atoms with Gasteiger partial charge in [-0.05, 0) is 70.6 Å². The van der Waals surface area contributed by atoms with Gasteiger partial charge in [0.25, 0.3) is 0 Å². The van der Waals surface area contributed by atoms with E-state index in [0.29, 0.717) is 0 Å². The quantitative estimate of drug-likeness (QED) is 0.819. The van der Waals surface area contributed by atoms with Gasteiger partial charge in [0.1, 0.15) is 0 Å². The molecule has 3 rings (SSSR count). The number of likely N-dealkylation sites (tertiary alicyclic amines) is 2. The SMILES string of the molecule is CCN1CCC(CN2CCCC(NC3CC3)C2)CC1. The van der Waals surface area contributed by atoms with Gasteiger partial charge in [0.2, 0.25) is 0 Å². The minimum absolute atomic E-state index is 0.789. The van der Waals surface area contributed by atoms with E-state index >= 15 is 0 Å². The minimum atomic E-state index is 0.789. The fraction of sp³-hybridized carbons (Fsp3) is 1.00. The fourth-order valence-electron chi connectivity index (χ4n) is 3.79. The summed E-state index contributed by atoms with van der Waals surface area (Å²) in [6, 6.07) is 1.66. The Labute approximate surface area is 118 Å². The standard InChI is InChI=1S/C16H31N3/c1-2-18-10-7-14(8-11-18)12-19-9-3-4-16(13-19)17-15-5-6-15/h14-17H,2-13H2,1H3. The maximum Gasteiger partial charge on any atom is 0.0198 e. The summed E-state index contributed by atoms with van der Waals surface area (Å²) in [5.74, 6) is 0.961. The molecule has 3 nitrogen and oxygen atoms in total. The Morgan fingerprint density at radius 3 is 2.37 bits per heavy atom. The molecule has 0 radical (unpaired) electrons. The molecule has 19 heavy (non-hydrogen) atoms. The van der Waals surface area contributed by atoms with Gasteiger partial charge in [0.05, 0.1) is 0 Å². The van der Waals surface area contributed by atoms with E-state index in [-0.39, 0.29) is 0 Å². The fourth-order valence-corrected chi connectivity index (χ4v) is 3.79. The molecular formula is C16H31N3. The predicted molar refractivity (Wildman–Crippen MR) is 80.5 cm³/mol. The molecule has 2 saturated heterocycles. The topological polar surface area (TPSA) is 18.5 Å². The summed E-state index contributed by atoms with van der Waals surface area (Å²) >= 11 is 0. The van der Waals surface area contributed by atoms with Crippen molar-refractivity contribution < 1.29 is 0 Å². The summed E-state index contributed by atoms with van der Waals surface area (Å²) in [4.78, 5) is 5.35. The summed E-state index contributed by atoms with van der Waals surface area (Å²) in [7, 11) is 0. The molecule has 1 unspecified atom stereocenters. The number of hydrogen-bond acceptors (Lipinski definition) is 3. The Hall–Kier alpha value is -0.120. The van der Waals surface area contributed by atoms with Gasteiger partial charge in [-0.1, -0.05) is 6.92 Å². The molecule has 3 aliphatic rings. The zero-order valence-electron chi connectivity index (χ0n) is 12.6. The third-order valence-electron chi connectivity index (χ3n) is 5.23. The van der Waals surface area contributed by atoms with Crippen molar-refractivity contribution in [1.29, 1.82) is 0 Å². The first-order valence-corrected chi connectivity index (χ1v) is 8.54. The van der Waals surface area contributed by atoms with Crippen LogP contribution in [0.4, 0.5) is 0 Å². The van der Waals surface area contributed by atoms with Crippen LogP contribution in [0.5, 0.6) is 0 Å². The Morgan fingerprint density at radius 2 is 1.68 bits per heavy atom. The van der Waals surface area contributed by atoms with Crippen LogP contribution in [-0.2, 0) is 0 Å². The van der Waals surface area contributed by atoms with E-state index in [1.165, 1.54) is 77.8 Å². The first kappa shape index (κ1) is 13.8. The van der Waals surface area contributed by atoms with Gasteiger partial charge in [-0.25, -0.2) is 0 Å². The van der Waals surface area contributed by atoms with Crippen molar-refractivity contribution in [3.05, 3.63) is 0 Å². The molecule has 1 saturated carbocycles. The molecule has 1 N–H and O–H groups in total. The van der Waals surface area contributed by atoms with Crippen LogP contribution in [0.25, 0.3) is 0 Å². The second kappa shape index (κ2) is 6.55. The van der Waals surface area contributed by atoms with Crippen molar-refractivity contribution >= 4 is 0 Å². The zero-order valence-corrected chi connectivity index (χ0v) is 12.6. The molecule has 0 aromatic heterocycles. The maximum atomic E-state index is 3.83. The van der Waals surface area contributed by atoms with E-state index in [9.17, 15) is 0 Å².